The average Bonchev–Trinajstić information content (AvgIpc) is 2.27. The molecule has 4 heteroatoms. The molecule has 0 radical (unpaired) electrons. The van der Waals surface area contributed by atoms with Crippen molar-refractivity contribution in [2.45, 2.75) is 0 Å². The fourth-order valence-corrected chi connectivity index (χ4v) is 1.04. The fraction of sp³-hybridized carbons (Fsp3) is 0.167. The molecule has 0 atom stereocenters. The van der Waals surface area contributed by atoms with E-state index >= 15 is 0 Å². The lowest BCUT2D eigenvalue weighted by molar-refractivity contribution is -0.369. The van der Waals surface area contributed by atoms with Crippen LogP contribution in [0.4, 0.5) is 0 Å². The smallest absolute Gasteiger partial charge is 0.189 e. The quantitative estimate of drug-likeness (QED) is 0.348. The Morgan fingerprint density at radius 2 is 2.50 bits per heavy atom. The summed E-state index contributed by atoms with van der Waals surface area (Å²) in [5.41, 5.74) is 7.73. The molecule has 2 rings (SSSR count). The van der Waals surface area contributed by atoms with Crippen molar-refractivity contribution >= 4 is 6.21 Å². The van der Waals surface area contributed by atoms with Crippen LogP contribution in [0.3, 0.4) is 0 Å². The predicted octanol–water partition coefficient (Wildman–Crippen LogP) is -0.543. The Morgan fingerprint density at radius 1 is 1.60 bits per heavy atom. The molecule has 2 aliphatic rings. The van der Waals surface area contributed by atoms with Crippen LogP contribution in [0, 0.1) is 5.21 Å². The molecule has 10 heavy (non-hydrogen) atoms. The van der Waals surface area contributed by atoms with E-state index in [2.05, 4.69) is 10.9 Å². The minimum Gasteiger partial charge on any atom is -0.619 e. The second kappa shape index (κ2) is 1.85. The van der Waals surface area contributed by atoms with Gasteiger partial charge in [-0.15, -0.1) is 0 Å². The number of hydrazine groups is 1. The summed E-state index contributed by atoms with van der Waals surface area (Å²) < 4.78 is 0.815. The van der Waals surface area contributed by atoms with Gasteiger partial charge in [0, 0.05) is 18.3 Å². The second-order valence-electron chi connectivity index (χ2n) is 2.24. The van der Waals surface area contributed by atoms with E-state index in [1.165, 1.54) is 0 Å². The molecule has 0 aromatic carbocycles. The van der Waals surface area contributed by atoms with Crippen molar-refractivity contribution in [2.75, 3.05) is 6.54 Å². The zero-order chi connectivity index (χ0) is 6.97. The van der Waals surface area contributed by atoms with E-state index in [0.717, 1.165) is 15.9 Å². The highest BCUT2D eigenvalue weighted by molar-refractivity contribution is 5.83. The molecule has 0 bridgehead atoms. The monoisotopic (exact) mass is 137 g/mol. The minimum absolute atomic E-state index is 0.709. The Balaban J connectivity index is 2.39. The largest absolute Gasteiger partial charge is 0.619 e. The van der Waals surface area contributed by atoms with Crippen LogP contribution in [0.1, 0.15) is 0 Å². The zero-order valence-corrected chi connectivity index (χ0v) is 5.29. The number of hydroxylamine groups is 1. The summed E-state index contributed by atoms with van der Waals surface area (Å²) in [5, 5.41) is 10.7. The van der Waals surface area contributed by atoms with Crippen molar-refractivity contribution in [1.82, 2.24) is 10.9 Å². The van der Waals surface area contributed by atoms with E-state index in [9.17, 15) is 5.21 Å². The lowest BCUT2D eigenvalue weighted by Gasteiger charge is -2.09. The summed E-state index contributed by atoms with van der Waals surface area (Å²) >= 11 is 0. The summed E-state index contributed by atoms with van der Waals surface area (Å²) in [6.45, 7) is 0.709. The summed E-state index contributed by atoms with van der Waals surface area (Å²) in [5.74, 6) is 0. The van der Waals surface area contributed by atoms with Gasteiger partial charge in [0.2, 0.25) is 0 Å². The van der Waals surface area contributed by atoms with Crippen molar-refractivity contribution in [3.05, 3.63) is 28.8 Å². The van der Waals surface area contributed by atoms with Crippen molar-refractivity contribution in [1.29, 1.82) is 0 Å². The predicted molar refractivity (Wildman–Crippen MR) is 37.0 cm³/mol. The van der Waals surface area contributed by atoms with Crippen LogP contribution in [0.25, 0.3) is 0 Å². The number of hydrogen-bond acceptors (Lipinski definition) is 3. The van der Waals surface area contributed by atoms with Gasteiger partial charge in [0.05, 0.1) is 5.57 Å². The molecule has 2 N–H and O–H groups in total. The molecule has 2 heterocycles. The van der Waals surface area contributed by atoms with Crippen molar-refractivity contribution < 1.29 is 4.74 Å². The molecule has 0 saturated heterocycles. The Morgan fingerprint density at radius 3 is 3.30 bits per heavy atom. The summed E-state index contributed by atoms with van der Waals surface area (Å²) in [6, 6.07) is 0. The van der Waals surface area contributed by atoms with E-state index < -0.39 is 0 Å². The van der Waals surface area contributed by atoms with Crippen LogP contribution in [0.5, 0.6) is 0 Å². The summed E-state index contributed by atoms with van der Waals surface area (Å²) in [7, 11) is 0. The normalized spacial score (nSPS) is 22.2. The van der Waals surface area contributed by atoms with Crippen LogP contribution in [-0.4, -0.2) is 17.5 Å². The molecule has 0 fully saturated rings. The highest BCUT2D eigenvalue weighted by Gasteiger charge is 2.17. The van der Waals surface area contributed by atoms with Crippen LogP contribution in [0.15, 0.2) is 23.5 Å². The number of fused-ring (bicyclic) bond motifs is 1. The number of hydrogen-bond donors (Lipinski definition) is 2. The van der Waals surface area contributed by atoms with Crippen molar-refractivity contribution in [2.24, 2.45) is 0 Å². The number of nitrogens with one attached hydrogen (secondary N) is 2. The average molecular weight is 137 g/mol. The highest BCUT2D eigenvalue weighted by atomic mass is 16.5. The number of rotatable bonds is 0. The van der Waals surface area contributed by atoms with Gasteiger partial charge in [-0.25, -0.2) is 5.43 Å². The molecule has 4 nitrogen and oxygen atoms in total. The third-order valence-electron chi connectivity index (χ3n) is 1.53. The molecule has 0 aromatic heterocycles. The van der Waals surface area contributed by atoms with E-state index in [1.54, 1.807) is 18.6 Å². The fourth-order valence-electron chi connectivity index (χ4n) is 1.04. The van der Waals surface area contributed by atoms with Gasteiger partial charge >= 0.3 is 0 Å². The van der Waals surface area contributed by atoms with Crippen molar-refractivity contribution in [3.8, 4) is 0 Å². The minimum atomic E-state index is 0.709. The van der Waals surface area contributed by atoms with Crippen LogP contribution < -0.4 is 10.9 Å². The highest BCUT2D eigenvalue weighted by Crippen LogP contribution is 2.12. The van der Waals surface area contributed by atoms with E-state index in [0.29, 0.717) is 6.54 Å². The summed E-state index contributed by atoms with van der Waals surface area (Å²) in [4.78, 5) is 0. The standard InChI is InChI=1S/C6H7N3O/c10-9-3-5-1-7-8-2-6(5)4-9/h1,3-4,7-8H,2H2. The molecular weight excluding hydrogens is 130 g/mol. The number of nitrogens with zero attached hydrogens (tertiary/aromatic N) is 1. The van der Waals surface area contributed by atoms with E-state index in [-0.39, 0.29) is 0 Å². The maximum absolute atomic E-state index is 10.7. The Labute approximate surface area is 58.1 Å². The maximum atomic E-state index is 10.7. The van der Waals surface area contributed by atoms with E-state index in [1.807, 2.05) is 0 Å². The van der Waals surface area contributed by atoms with Crippen LogP contribution in [-0.2, 0) is 0 Å². The van der Waals surface area contributed by atoms with Gasteiger partial charge in [0.1, 0.15) is 0 Å². The molecule has 2 aliphatic heterocycles. The first kappa shape index (κ1) is 5.49. The SMILES string of the molecule is [O-][N+]1=CC2=CNNCC2=C1. The van der Waals surface area contributed by atoms with Gasteiger partial charge < -0.3 is 10.6 Å². The van der Waals surface area contributed by atoms with Crippen LogP contribution >= 0.6 is 0 Å². The Bertz CT molecular complexity index is 252. The first-order valence-electron chi connectivity index (χ1n) is 3.06. The first-order valence-corrected chi connectivity index (χ1v) is 3.06. The third-order valence-corrected chi connectivity index (χ3v) is 1.53. The second-order valence-corrected chi connectivity index (χ2v) is 2.24. The maximum Gasteiger partial charge on any atom is 0.189 e. The van der Waals surface area contributed by atoms with Crippen LogP contribution in [0.2, 0.25) is 0 Å². The molecule has 0 spiro atoms. The molecule has 0 aromatic rings. The Kier molecular flexibility index (Phi) is 1.01. The van der Waals surface area contributed by atoms with Gasteiger partial charge in [-0.1, -0.05) is 0 Å². The molecular formula is C6H7N3O. The van der Waals surface area contributed by atoms with Gasteiger partial charge in [-0.05, 0) is 0 Å². The lowest BCUT2D eigenvalue weighted by atomic mass is 10.1. The summed E-state index contributed by atoms with van der Waals surface area (Å²) in [6.07, 6.45) is 4.88. The molecule has 0 aliphatic carbocycles. The third kappa shape index (κ3) is 0.698. The van der Waals surface area contributed by atoms with Gasteiger partial charge in [0.15, 0.2) is 12.4 Å². The van der Waals surface area contributed by atoms with E-state index in [4.69, 9.17) is 0 Å². The molecule has 0 amide bonds. The van der Waals surface area contributed by atoms with Gasteiger partial charge in [0.25, 0.3) is 0 Å². The lowest BCUT2D eigenvalue weighted by Crippen LogP contribution is -2.33. The zero-order valence-electron chi connectivity index (χ0n) is 5.29. The molecule has 0 saturated carbocycles. The Hall–Kier alpha value is -1.29. The topological polar surface area (TPSA) is 50.1 Å². The molecule has 0 unspecified atom stereocenters. The molecule has 52 valence electrons. The van der Waals surface area contributed by atoms with Gasteiger partial charge in [-0.2, -0.15) is 4.74 Å². The first-order chi connectivity index (χ1) is 4.86. The van der Waals surface area contributed by atoms with Gasteiger partial charge in [-0.3, -0.25) is 0 Å². The van der Waals surface area contributed by atoms with Crippen molar-refractivity contribution in [3.63, 3.8) is 0 Å².